The predicted molar refractivity (Wildman–Crippen MR) is 77.3 cm³/mol. The number of thioether (sulfide) groups is 1. The topological polar surface area (TPSA) is 54.9 Å². The lowest BCUT2D eigenvalue weighted by Crippen LogP contribution is -2.16. The first-order valence-electron chi connectivity index (χ1n) is 5.92. The maximum absolute atomic E-state index is 11.9. The highest BCUT2D eigenvalue weighted by Crippen LogP contribution is 2.20. The number of anilines is 1. The fourth-order valence-electron chi connectivity index (χ4n) is 1.68. The summed E-state index contributed by atoms with van der Waals surface area (Å²) in [6, 6.07) is 7.69. The van der Waals surface area contributed by atoms with Crippen LogP contribution in [0.2, 0.25) is 0 Å². The molecule has 1 aromatic heterocycles. The number of benzene rings is 1. The van der Waals surface area contributed by atoms with Crippen LogP contribution >= 0.6 is 11.8 Å². The Hall–Kier alpha value is -1.88. The van der Waals surface area contributed by atoms with Gasteiger partial charge in [-0.1, -0.05) is 30.0 Å². The molecule has 0 radical (unpaired) electrons. The second-order valence-corrected chi connectivity index (χ2v) is 5.08. The molecule has 2 rings (SSSR count). The third-order valence-corrected chi connectivity index (χ3v) is 3.50. The maximum Gasteiger partial charge on any atom is 0.234 e. The van der Waals surface area contributed by atoms with Gasteiger partial charge in [0.2, 0.25) is 5.91 Å². The van der Waals surface area contributed by atoms with Crippen molar-refractivity contribution < 1.29 is 4.79 Å². The van der Waals surface area contributed by atoms with Crippen LogP contribution in [0.25, 0.3) is 0 Å². The summed E-state index contributed by atoms with van der Waals surface area (Å²) in [6.07, 6.45) is 3.33. The summed E-state index contributed by atoms with van der Waals surface area (Å²) in [4.78, 5) is 20.0. The Morgan fingerprint density at radius 2 is 1.79 bits per heavy atom. The molecule has 1 aromatic carbocycles. The van der Waals surface area contributed by atoms with Crippen LogP contribution < -0.4 is 5.32 Å². The Balaban J connectivity index is 1.95. The highest BCUT2D eigenvalue weighted by atomic mass is 32.2. The molecule has 0 aliphatic rings. The minimum Gasteiger partial charge on any atom is -0.325 e. The van der Waals surface area contributed by atoms with Gasteiger partial charge in [0.05, 0.1) is 5.75 Å². The van der Waals surface area contributed by atoms with Crippen molar-refractivity contribution in [3.8, 4) is 0 Å². The molecule has 0 spiro atoms. The SMILES string of the molecule is Cc1cccc(C)c1NC(=O)CSc1ncccn1. The normalized spacial score (nSPS) is 10.2. The van der Waals surface area contributed by atoms with E-state index < -0.39 is 0 Å². The lowest BCUT2D eigenvalue weighted by atomic mass is 10.1. The van der Waals surface area contributed by atoms with Crippen molar-refractivity contribution in [2.24, 2.45) is 0 Å². The number of rotatable bonds is 4. The van der Waals surface area contributed by atoms with E-state index in [-0.39, 0.29) is 5.91 Å². The average Bonchev–Trinajstić information content (AvgIpc) is 2.42. The van der Waals surface area contributed by atoms with Crippen LogP contribution in [0, 0.1) is 13.8 Å². The molecule has 2 aromatic rings. The van der Waals surface area contributed by atoms with E-state index in [1.165, 1.54) is 11.8 Å². The first-order chi connectivity index (χ1) is 9.16. The Bertz CT molecular complexity index is 552. The minimum atomic E-state index is -0.0464. The van der Waals surface area contributed by atoms with Crippen molar-refractivity contribution in [1.82, 2.24) is 9.97 Å². The van der Waals surface area contributed by atoms with E-state index in [1.54, 1.807) is 18.5 Å². The van der Waals surface area contributed by atoms with Gasteiger partial charge < -0.3 is 5.32 Å². The summed E-state index contributed by atoms with van der Waals surface area (Å²) in [5.41, 5.74) is 3.02. The Morgan fingerprint density at radius 1 is 1.16 bits per heavy atom. The van der Waals surface area contributed by atoms with Gasteiger partial charge >= 0.3 is 0 Å². The van der Waals surface area contributed by atoms with Gasteiger partial charge in [0.1, 0.15) is 0 Å². The second kappa shape index (κ2) is 6.33. The molecule has 1 amide bonds. The van der Waals surface area contributed by atoms with E-state index in [9.17, 15) is 4.79 Å². The molecule has 0 saturated heterocycles. The number of para-hydroxylation sites is 1. The van der Waals surface area contributed by atoms with Crippen molar-refractivity contribution in [1.29, 1.82) is 0 Å². The molecule has 0 unspecified atom stereocenters. The molecular formula is C14H15N3OS. The van der Waals surface area contributed by atoms with Gasteiger partial charge in [-0.15, -0.1) is 0 Å². The average molecular weight is 273 g/mol. The van der Waals surface area contributed by atoms with Gasteiger partial charge in [-0.25, -0.2) is 9.97 Å². The number of nitrogens with zero attached hydrogens (tertiary/aromatic N) is 2. The minimum absolute atomic E-state index is 0.0464. The van der Waals surface area contributed by atoms with Crippen LogP contribution in [-0.2, 0) is 4.79 Å². The molecule has 98 valence electrons. The summed E-state index contributed by atoms with van der Waals surface area (Å²) in [5.74, 6) is 0.257. The summed E-state index contributed by atoms with van der Waals surface area (Å²) in [7, 11) is 0. The standard InChI is InChI=1S/C14H15N3OS/c1-10-5-3-6-11(2)13(10)17-12(18)9-19-14-15-7-4-8-16-14/h3-8H,9H2,1-2H3,(H,17,18). The van der Waals surface area contributed by atoms with Gasteiger partial charge in [-0.2, -0.15) is 0 Å². The van der Waals surface area contributed by atoms with Crippen LogP contribution in [0.15, 0.2) is 41.8 Å². The number of hydrogen-bond donors (Lipinski definition) is 1. The highest BCUT2D eigenvalue weighted by Gasteiger charge is 2.08. The predicted octanol–water partition coefficient (Wildman–Crippen LogP) is 2.82. The number of hydrogen-bond acceptors (Lipinski definition) is 4. The summed E-state index contributed by atoms with van der Waals surface area (Å²) in [5, 5.41) is 3.54. The number of amides is 1. The molecule has 0 atom stereocenters. The maximum atomic E-state index is 11.9. The van der Waals surface area contributed by atoms with E-state index in [2.05, 4.69) is 15.3 Å². The van der Waals surface area contributed by atoms with Gasteiger partial charge in [0.25, 0.3) is 0 Å². The number of carbonyl (C=O) groups is 1. The van der Waals surface area contributed by atoms with Gasteiger partial charge in [-0.05, 0) is 31.0 Å². The largest absolute Gasteiger partial charge is 0.325 e. The van der Waals surface area contributed by atoms with Crippen LogP contribution in [0.3, 0.4) is 0 Å². The molecular weight excluding hydrogens is 258 g/mol. The molecule has 19 heavy (non-hydrogen) atoms. The number of aryl methyl sites for hydroxylation is 2. The Morgan fingerprint density at radius 3 is 2.42 bits per heavy atom. The Kier molecular flexibility index (Phi) is 4.52. The third kappa shape index (κ3) is 3.79. The van der Waals surface area contributed by atoms with E-state index in [4.69, 9.17) is 0 Å². The monoisotopic (exact) mass is 273 g/mol. The molecule has 0 aliphatic carbocycles. The lowest BCUT2D eigenvalue weighted by Gasteiger charge is -2.10. The number of nitrogens with one attached hydrogen (secondary N) is 1. The fraction of sp³-hybridized carbons (Fsp3) is 0.214. The smallest absolute Gasteiger partial charge is 0.234 e. The van der Waals surface area contributed by atoms with Gasteiger partial charge in [0.15, 0.2) is 5.16 Å². The highest BCUT2D eigenvalue weighted by molar-refractivity contribution is 7.99. The second-order valence-electron chi connectivity index (χ2n) is 4.14. The molecule has 0 aliphatic heterocycles. The van der Waals surface area contributed by atoms with Gasteiger partial charge in [0, 0.05) is 18.1 Å². The van der Waals surface area contributed by atoms with E-state index in [0.717, 1.165) is 16.8 Å². The summed E-state index contributed by atoms with van der Waals surface area (Å²) < 4.78 is 0. The Labute approximate surface area is 116 Å². The van der Waals surface area contributed by atoms with Crippen molar-refractivity contribution in [2.45, 2.75) is 19.0 Å². The van der Waals surface area contributed by atoms with E-state index in [0.29, 0.717) is 10.9 Å². The third-order valence-electron chi connectivity index (χ3n) is 2.62. The van der Waals surface area contributed by atoms with Crippen molar-refractivity contribution >= 4 is 23.4 Å². The van der Waals surface area contributed by atoms with Gasteiger partial charge in [-0.3, -0.25) is 4.79 Å². The van der Waals surface area contributed by atoms with Crippen LogP contribution in [0.1, 0.15) is 11.1 Å². The van der Waals surface area contributed by atoms with Crippen molar-refractivity contribution in [3.63, 3.8) is 0 Å². The lowest BCUT2D eigenvalue weighted by molar-refractivity contribution is -0.113. The van der Waals surface area contributed by atoms with E-state index in [1.807, 2.05) is 32.0 Å². The first kappa shape index (κ1) is 13.5. The van der Waals surface area contributed by atoms with E-state index >= 15 is 0 Å². The summed E-state index contributed by atoms with van der Waals surface area (Å²) in [6.45, 7) is 3.96. The van der Waals surface area contributed by atoms with Crippen molar-refractivity contribution in [3.05, 3.63) is 47.8 Å². The number of carbonyl (C=O) groups excluding carboxylic acids is 1. The van der Waals surface area contributed by atoms with Crippen LogP contribution in [0.4, 0.5) is 5.69 Å². The molecule has 1 N–H and O–H groups in total. The molecule has 5 heteroatoms. The molecule has 0 bridgehead atoms. The first-order valence-corrected chi connectivity index (χ1v) is 6.91. The van der Waals surface area contributed by atoms with Crippen LogP contribution in [0.5, 0.6) is 0 Å². The molecule has 4 nitrogen and oxygen atoms in total. The van der Waals surface area contributed by atoms with Crippen LogP contribution in [-0.4, -0.2) is 21.6 Å². The summed E-state index contributed by atoms with van der Waals surface area (Å²) >= 11 is 1.33. The molecule has 0 fully saturated rings. The zero-order chi connectivity index (χ0) is 13.7. The van der Waals surface area contributed by atoms with Crippen molar-refractivity contribution in [2.75, 3.05) is 11.1 Å². The zero-order valence-corrected chi connectivity index (χ0v) is 11.7. The quantitative estimate of drug-likeness (QED) is 0.687. The fourth-order valence-corrected chi connectivity index (χ4v) is 2.28. The molecule has 1 heterocycles. The number of aromatic nitrogens is 2. The zero-order valence-electron chi connectivity index (χ0n) is 10.9. The molecule has 0 saturated carbocycles.